The fourth-order valence-electron chi connectivity index (χ4n) is 1.96. The lowest BCUT2D eigenvalue weighted by Crippen LogP contribution is -2.41. The molecule has 2 heterocycles. The molecule has 0 amide bonds. The summed E-state index contributed by atoms with van der Waals surface area (Å²) >= 11 is 0. The molecule has 112 valence electrons. The molecule has 1 aromatic rings. The third-order valence-corrected chi connectivity index (χ3v) is 3.96. The number of aromatic nitrogens is 1. The molecule has 0 N–H and O–H groups in total. The maximum Gasteiger partial charge on any atom is 0.487 e. The highest BCUT2D eigenvalue weighted by molar-refractivity contribution is 6.52. The Morgan fingerprint density at radius 1 is 1.24 bits per heavy atom. The highest BCUT2D eigenvalue weighted by atomic mass is 16.7. The summed E-state index contributed by atoms with van der Waals surface area (Å²) in [5.41, 5.74) is 0.362. The van der Waals surface area contributed by atoms with E-state index in [1.54, 1.807) is 18.1 Å². The van der Waals surface area contributed by atoms with Gasteiger partial charge in [0.1, 0.15) is 5.75 Å². The molecule has 0 aromatic carbocycles. The summed E-state index contributed by atoms with van der Waals surface area (Å²) in [7, 11) is 1.10. The van der Waals surface area contributed by atoms with Gasteiger partial charge in [0.15, 0.2) is 6.29 Å². The summed E-state index contributed by atoms with van der Waals surface area (Å²) in [4.78, 5) is 15.0. The van der Waals surface area contributed by atoms with Gasteiger partial charge in [-0.05, 0) is 33.8 Å². The van der Waals surface area contributed by atoms with Gasteiger partial charge in [0, 0.05) is 12.3 Å². The van der Waals surface area contributed by atoms with Gasteiger partial charge in [0.25, 0.3) is 0 Å². The number of hydrogen-bond donors (Lipinski definition) is 0. The topological polar surface area (TPSA) is 57.6 Å². The quantitative estimate of drug-likeness (QED) is 0.629. The van der Waals surface area contributed by atoms with Crippen LogP contribution in [0.3, 0.4) is 0 Å². The Hall–Kier alpha value is -1.66. The number of rotatable bonds is 4. The number of ether oxygens (including phenoxy) is 1. The molecule has 21 heavy (non-hydrogen) atoms. The first kappa shape index (κ1) is 15.7. The summed E-state index contributed by atoms with van der Waals surface area (Å²) in [5, 5.41) is 0. The molecule has 0 spiro atoms. The van der Waals surface area contributed by atoms with Gasteiger partial charge in [-0.15, -0.1) is 0 Å². The van der Waals surface area contributed by atoms with Gasteiger partial charge in [-0.3, -0.25) is 9.78 Å². The molecule has 1 saturated heterocycles. The zero-order valence-corrected chi connectivity index (χ0v) is 13.0. The van der Waals surface area contributed by atoms with Crippen molar-refractivity contribution in [2.45, 2.75) is 38.9 Å². The molecule has 0 radical (unpaired) electrons. The molecule has 1 aliphatic heterocycles. The normalized spacial score (nSPS) is 20.0. The van der Waals surface area contributed by atoms with Crippen LogP contribution in [0.25, 0.3) is 6.08 Å². The van der Waals surface area contributed by atoms with E-state index in [1.165, 1.54) is 13.3 Å². The third-order valence-electron chi connectivity index (χ3n) is 3.96. The van der Waals surface area contributed by atoms with Crippen LogP contribution in [0.1, 0.15) is 43.7 Å². The van der Waals surface area contributed by atoms with Crippen LogP contribution in [0.4, 0.5) is 0 Å². The van der Waals surface area contributed by atoms with E-state index >= 15 is 0 Å². The van der Waals surface area contributed by atoms with E-state index in [-0.39, 0.29) is 11.2 Å². The van der Waals surface area contributed by atoms with Crippen molar-refractivity contribution in [1.82, 2.24) is 4.98 Å². The van der Waals surface area contributed by atoms with Crippen LogP contribution in [0, 0.1) is 0 Å². The third kappa shape index (κ3) is 3.17. The molecule has 1 aromatic heterocycles. The van der Waals surface area contributed by atoms with Crippen LogP contribution in [0.2, 0.25) is 0 Å². The molecule has 0 bridgehead atoms. The minimum atomic E-state index is -0.423. The molecule has 6 heteroatoms. The Morgan fingerprint density at radius 3 is 2.38 bits per heavy atom. The van der Waals surface area contributed by atoms with Crippen molar-refractivity contribution in [3.63, 3.8) is 0 Å². The van der Waals surface area contributed by atoms with Gasteiger partial charge in [0.2, 0.25) is 0 Å². The summed E-state index contributed by atoms with van der Waals surface area (Å²) in [5.74, 6) is 2.30. The van der Waals surface area contributed by atoms with Gasteiger partial charge < -0.3 is 14.0 Å². The summed E-state index contributed by atoms with van der Waals surface area (Å²) in [6.45, 7) is 8.00. The molecule has 1 aliphatic rings. The number of carbonyl (C=O) groups is 1. The van der Waals surface area contributed by atoms with E-state index in [0.29, 0.717) is 23.3 Å². The van der Waals surface area contributed by atoms with Gasteiger partial charge in [-0.2, -0.15) is 0 Å². The molecule has 5 nitrogen and oxygen atoms in total. The summed E-state index contributed by atoms with van der Waals surface area (Å²) in [6, 6.07) is 1.70. The molecule has 1 fully saturated rings. The van der Waals surface area contributed by atoms with Gasteiger partial charge in [-0.25, -0.2) is 0 Å². The SMILES string of the molecule is COc1cc(/C=C/B2OC(C)(C)C(C)(C)O2)ncc1C=O. The van der Waals surface area contributed by atoms with E-state index in [9.17, 15) is 4.79 Å². The van der Waals surface area contributed by atoms with Crippen molar-refractivity contribution in [2.75, 3.05) is 7.11 Å². The summed E-state index contributed by atoms with van der Waals surface area (Å²) < 4.78 is 16.9. The Balaban J connectivity index is 2.14. The van der Waals surface area contributed by atoms with Crippen molar-refractivity contribution in [3.8, 4) is 5.75 Å². The summed E-state index contributed by atoms with van der Waals surface area (Å²) in [6.07, 6.45) is 3.99. The van der Waals surface area contributed by atoms with Crippen LogP contribution in [-0.2, 0) is 9.31 Å². The van der Waals surface area contributed by atoms with Crippen molar-refractivity contribution in [1.29, 1.82) is 0 Å². The molecular formula is C15H20BNO4. The van der Waals surface area contributed by atoms with E-state index in [0.717, 1.165) is 0 Å². The number of methoxy groups -OCH3 is 1. The van der Waals surface area contributed by atoms with Gasteiger partial charge >= 0.3 is 7.12 Å². The highest BCUT2D eigenvalue weighted by Crippen LogP contribution is 2.37. The maximum absolute atomic E-state index is 10.8. The Kier molecular flexibility index (Phi) is 4.21. The van der Waals surface area contributed by atoms with E-state index < -0.39 is 7.12 Å². The number of hydrogen-bond acceptors (Lipinski definition) is 5. The molecule has 0 unspecified atom stereocenters. The Morgan fingerprint density at radius 2 is 1.86 bits per heavy atom. The lowest BCUT2D eigenvalue weighted by atomic mass is 9.89. The highest BCUT2D eigenvalue weighted by Gasteiger charge is 2.49. The van der Waals surface area contributed by atoms with Crippen LogP contribution in [0.15, 0.2) is 18.2 Å². The van der Waals surface area contributed by atoms with E-state index in [1.807, 2.05) is 27.7 Å². The number of aldehydes is 1. The van der Waals surface area contributed by atoms with Crippen molar-refractivity contribution < 1.29 is 18.8 Å². The predicted octanol–water partition coefficient (Wildman–Crippen LogP) is 2.55. The Bertz CT molecular complexity index is 553. The lowest BCUT2D eigenvalue weighted by molar-refractivity contribution is 0.00578. The second kappa shape index (κ2) is 5.62. The van der Waals surface area contributed by atoms with Crippen LogP contribution < -0.4 is 4.74 Å². The fourth-order valence-corrected chi connectivity index (χ4v) is 1.96. The smallest absolute Gasteiger partial charge is 0.487 e. The standard InChI is InChI=1S/C15H20BNO4/c1-14(2)15(3,4)21-16(20-14)7-6-12-8-13(19-5)11(10-18)9-17-12/h6-10H,1-5H3/b7-6+. The first-order valence-corrected chi connectivity index (χ1v) is 6.82. The first-order valence-electron chi connectivity index (χ1n) is 6.82. The number of carbonyl (C=O) groups excluding carboxylic acids is 1. The number of pyridine rings is 1. The van der Waals surface area contributed by atoms with Crippen molar-refractivity contribution in [2.24, 2.45) is 0 Å². The molecule has 0 saturated carbocycles. The van der Waals surface area contributed by atoms with E-state index in [2.05, 4.69) is 4.98 Å². The van der Waals surface area contributed by atoms with Gasteiger partial charge in [0.05, 0.1) is 29.6 Å². The van der Waals surface area contributed by atoms with E-state index in [4.69, 9.17) is 14.0 Å². The zero-order valence-electron chi connectivity index (χ0n) is 13.0. The monoisotopic (exact) mass is 289 g/mol. The minimum absolute atomic E-state index is 0.367. The average Bonchev–Trinajstić information content (AvgIpc) is 2.64. The van der Waals surface area contributed by atoms with Crippen LogP contribution in [0.5, 0.6) is 5.75 Å². The predicted molar refractivity (Wildman–Crippen MR) is 81.3 cm³/mol. The average molecular weight is 289 g/mol. The van der Waals surface area contributed by atoms with Gasteiger partial charge in [-0.1, -0.05) is 5.98 Å². The zero-order chi connectivity index (χ0) is 15.7. The first-order chi connectivity index (χ1) is 9.79. The Labute approximate surface area is 125 Å². The number of nitrogens with zero attached hydrogens (tertiary/aromatic N) is 1. The van der Waals surface area contributed by atoms with Crippen molar-refractivity contribution >= 4 is 19.5 Å². The second-order valence-electron chi connectivity index (χ2n) is 5.95. The largest absolute Gasteiger partial charge is 0.496 e. The second-order valence-corrected chi connectivity index (χ2v) is 5.95. The van der Waals surface area contributed by atoms with Crippen LogP contribution in [-0.4, -0.2) is 36.7 Å². The minimum Gasteiger partial charge on any atom is -0.496 e. The molecule has 2 rings (SSSR count). The maximum atomic E-state index is 10.8. The lowest BCUT2D eigenvalue weighted by Gasteiger charge is -2.32. The molecule has 0 atom stereocenters. The molecule has 0 aliphatic carbocycles. The fraction of sp³-hybridized carbons (Fsp3) is 0.467. The molecular weight excluding hydrogens is 269 g/mol. The van der Waals surface area contributed by atoms with Crippen LogP contribution >= 0.6 is 0 Å². The van der Waals surface area contributed by atoms with Crippen molar-refractivity contribution in [3.05, 3.63) is 29.5 Å².